The summed E-state index contributed by atoms with van der Waals surface area (Å²) in [7, 11) is 0. The maximum Gasteiger partial charge on any atom is 0.224 e. The van der Waals surface area contributed by atoms with Crippen molar-refractivity contribution < 1.29 is 9.18 Å². The number of aromatic amines is 2. The van der Waals surface area contributed by atoms with Gasteiger partial charge in [-0.3, -0.25) is 19.9 Å². The molecule has 0 aliphatic heterocycles. The summed E-state index contributed by atoms with van der Waals surface area (Å²) in [6, 6.07) is 16.2. The van der Waals surface area contributed by atoms with Crippen molar-refractivity contribution in [3.8, 4) is 33.9 Å². The molecule has 38 heavy (non-hydrogen) atoms. The predicted octanol–water partition coefficient (Wildman–Crippen LogP) is 6.35. The number of imidazole rings is 1. The SMILES string of the molecule is CC(C)CC(=O)Nc1cncc(-c2ccc3[nH]nc(-c4nc5c(-c6ccccc6F)nccc5[nH]4)c3c2)c1. The summed E-state index contributed by atoms with van der Waals surface area (Å²) < 4.78 is 14.5. The lowest BCUT2D eigenvalue weighted by Gasteiger charge is -2.09. The number of rotatable bonds is 6. The molecule has 0 aliphatic rings. The van der Waals surface area contributed by atoms with Crippen molar-refractivity contribution in [2.45, 2.75) is 20.3 Å². The molecule has 0 bridgehead atoms. The van der Waals surface area contributed by atoms with Gasteiger partial charge in [0.05, 0.1) is 22.9 Å². The molecule has 0 saturated heterocycles. The fraction of sp³-hybridized carbons (Fsp3) is 0.138. The van der Waals surface area contributed by atoms with Crippen LogP contribution in [0.2, 0.25) is 0 Å². The molecule has 6 rings (SSSR count). The Morgan fingerprint density at radius 3 is 2.71 bits per heavy atom. The summed E-state index contributed by atoms with van der Waals surface area (Å²) in [5.41, 5.74) is 6.03. The van der Waals surface area contributed by atoms with Crippen LogP contribution in [-0.2, 0) is 4.79 Å². The van der Waals surface area contributed by atoms with Gasteiger partial charge >= 0.3 is 0 Å². The molecule has 9 heteroatoms. The van der Waals surface area contributed by atoms with Gasteiger partial charge in [-0.05, 0) is 47.9 Å². The minimum atomic E-state index is -0.358. The molecule has 2 aromatic carbocycles. The van der Waals surface area contributed by atoms with Gasteiger partial charge in [-0.15, -0.1) is 0 Å². The van der Waals surface area contributed by atoms with E-state index in [0.717, 1.165) is 27.5 Å². The van der Waals surface area contributed by atoms with E-state index in [9.17, 15) is 9.18 Å². The molecule has 0 unspecified atom stereocenters. The molecule has 8 nitrogen and oxygen atoms in total. The summed E-state index contributed by atoms with van der Waals surface area (Å²) in [5.74, 6) is 0.412. The number of hydrogen-bond donors (Lipinski definition) is 3. The minimum absolute atomic E-state index is 0.0411. The van der Waals surface area contributed by atoms with Crippen molar-refractivity contribution in [2.75, 3.05) is 5.32 Å². The van der Waals surface area contributed by atoms with Gasteiger partial charge in [0.1, 0.15) is 22.7 Å². The van der Waals surface area contributed by atoms with Gasteiger partial charge in [0.15, 0.2) is 5.82 Å². The first-order chi connectivity index (χ1) is 18.5. The minimum Gasteiger partial charge on any atom is -0.336 e. The standard InChI is InChI=1S/C29H24FN7O/c1-16(2)11-25(38)33-19-12-18(14-31-15-19)17-7-8-23-21(13-17)27(37-36-23)29-34-24-9-10-32-26(28(24)35-29)20-5-3-4-6-22(20)30/h3-10,12-16H,11H2,1-2H3,(H,33,38)(H,34,35)(H,36,37). The first-order valence-corrected chi connectivity index (χ1v) is 12.3. The number of fused-ring (bicyclic) bond motifs is 2. The van der Waals surface area contributed by atoms with Crippen molar-refractivity contribution in [3.63, 3.8) is 0 Å². The number of anilines is 1. The Morgan fingerprint density at radius 2 is 1.87 bits per heavy atom. The van der Waals surface area contributed by atoms with Crippen LogP contribution < -0.4 is 5.32 Å². The topological polar surface area (TPSA) is 112 Å². The average Bonchev–Trinajstić information content (AvgIpc) is 3.52. The summed E-state index contributed by atoms with van der Waals surface area (Å²) in [5, 5.41) is 11.4. The molecule has 1 amide bonds. The highest BCUT2D eigenvalue weighted by Crippen LogP contribution is 2.33. The Bertz CT molecular complexity index is 1800. The maximum absolute atomic E-state index is 14.5. The van der Waals surface area contributed by atoms with Gasteiger partial charge in [0.25, 0.3) is 0 Å². The molecular formula is C29H24FN7O. The molecule has 0 fully saturated rings. The van der Waals surface area contributed by atoms with Crippen LogP contribution in [0.4, 0.5) is 10.1 Å². The zero-order valence-electron chi connectivity index (χ0n) is 20.8. The lowest BCUT2D eigenvalue weighted by molar-refractivity contribution is -0.116. The molecule has 6 aromatic rings. The monoisotopic (exact) mass is 505 g/mol. The van der Waals surface area contributed by atoms with Crippen LogP contribution in [0, 0.1) is 11.7 Å². The second-order valence-electron chi connectivity index (χ2n) is 9.56. The Balaban J connectivity index is 1.39. The van der Waals surface area contributed by atoms with Crippen LogP contribution in [0.25, 0.3) is 55.8 Å². The van der Waals surface area contributed by atoms with Crippen LogP contribution >= 0.6 is 0 Å². The smallest absolute Gasteiger partial charge is 0.224 e. The lowest BCUT2D eigenvalue weighted by Crippen LogP contribution is -2.13. The van der Waals surface area contributed by atoms with Crippen molar-refractivity contribution in [3.05, 3.63) is 79.0 Å². The van der Waals surface area contributed by atoms with Crippen LogP contribution in [0.3, 0.4) is 0 Å². The van der Waals surface area contributed by atoms with E-state index < -0.39 is 0 Å². The number of nitrogens with zero attached hydrogens (tertiary/aromatic N) is 4. The third kappa shape index (κ3) is 4.39. The van der Waals surface area contributed by atoms with E-state index in [2.05, 4.69) is 30.5 Å². The number of hydrogen-bond acceptors (Lipinski definition) is 5. The number of amides is 1. The predicted molar refractivity (Wildman–Crippen MR) is 146 cm³/mol. The fourth-order valence-electron chi connectivity index (χ4n) is 4.52. The fourth-order valence-corrected chi connectivity index (χ4v) is 4.52. The molecular weight excluding hydrogens is 481 g/mol. The zero-order chi connectivity index (χ0) is 26.2. The lowest BCUT2D eigenvalue weighted by atomic mass is 10.0. The summed E-state index contributed by atoms with van der Waals surface area (Å²) in [6.07, 6.45) is 5.47. The van der Waals surface area contributed by atoms with E-state index in [4.69, 9.17) is 4.98 Å². The Hall–Kier alpha value is -4.92. The van der Waals surface area contributed by atoms with Crippen LogP contribution in [0.5, 0.6) is 0 Å². The zero-order valence-corrected chi connectivity index (χ0v) is 20.8. The van der Waals surface area contributed by atoms with Gasteiger partial charge in [0, 0.05) is 35.3 Å². The molecule has 4 heterocycles. The van der Waals surface area contributed by atoms with Crippen LogP contribution in [0.15, 0.2) is 73.2 Å². The Kier molecular flexibility index (Phi) is 5.88. The number of carbonyl (C=O) groups excluding carboxylic acids is 1. The van der Waals surface area contributed by atoms with Gasteiger partial charge in [0.2, 0.25) is 5.91 Å². The van der Waals surface area contributed by atoms with E-state index in [-0.39, 0.29) is 17.6 Å². The highest BCUT2D eigenvalue weighted by Gasteiger charge is 2.18. The van der Waals surface area contributed by atoms with Crippen molar-refractivity contribution in [1.29, 1.82) is 0 Å². The Morgan fingerprint density at radius 1 is 1.00 bits per heavy atom. The van der Waals surface area contributed by atoms with Crippen molar-refractivity contribution in [1.82, 2.24) is 30.1 Å². The number of aromatic nitrogens is 6. The highest BCUT2D eigenvalue weighted by molar-refractivity contribution is 5.98. The molecule has 0 spiro atoms. The molecule has 0 atom stereocenters. The third-order valence-corrected chi connectivity index (χ3v) is 6.27. The number of carbonyl (C=O) groups is 1. The van der Waals surface area contributed by atoms with Gasteiger partial charge in [-0.2, -0.15) is 5.10 Å². The average molecular weight is 506 g/mol. The van der Waals surface area contributed by atoms with Gasteiger partial charge in [-0.1, -0.05) is 32.0 Å². The van der Waals surface area contributed by atoms with Crippen molar-refractivity contribution in [2.24, 2.45) is 5.92 Å². The highest BCUT2D eigenvalue weighted by atomic mass is 19.1. The second kappa shape index (κ2) is 9.51. The number of nitrogens with one attached hydrogen (secondary N) is 3. The largest absolute Gasteiger partial charge is 0.336 e. The Labute approximate surface area is 217 Å². The number of halogens is 1. The molecule has 0 saturated carbocycles. The molecule has 0 aliphatic carbocycles. The van der Waals surface area contributed by atoms with E-state index >= 15 is 0 Å². The van der Waals surface area contributed by atoms with Gasteiger partial charge < -0.3 is 10.3 Å². The number of pyridine rings is 2. The van der Waals surface area contributed by atoms with E-state index in [1.54, 1.807) is 42.9 Å². The number of H-pyrrole nitrogens is 2. The molecule has 3 N–H and O–H groups in total. The maximum atomic E-state index is 14.5. The van der Waals surface area contributed by atoms with E-state index in [0.29, 0.717) is 40.4 Å². The first kappa shape index (κ1) is 23.5. The first-order valence-electron chi connectivity index (χ1n) is 12.3. The summed E-state index contributed by atoms with van der Waals surface area (Å²) in [4.78, 5) is 29.0. The van der Waals surface area contributed by atoms with Crippen LogP contribution in [0.1, 0.15) is 20.3 Å². The van der Waals surface area contributed by atoms with Gasteiger partial charge in [-0.25, -0.2) is 9.37 Å². The summed E-state index contributed by atoms with van der Waals surface area (Å²) in [6.45, 7) is 4.01. The second-order valence-corrected chi connectivity index (χ2v) is 9.56. The molecule has 4 aromatic heterocycles. The van der Waals surface area contributed by atoms with E-state index in [1.165, 1.54) is 6.07 Å². The summed E-state index contributed by atoms with van der Waals surface area (Å²) >= 11 is 0. The van der Waals surface area contributed by atoms with Crippen molar-refractivity contribution >= 4 is 33.5 Å². The third-order valence-electron chi connectivity index (χ3n) is 6.27. The molecule has 188 valence electrons. The van der Waals surface area contributed by atoms with Crippen LogP contribution in [-0.4, -0.2) is 36.0 Å². The molecule has 0 radical (unpaired) electrons. The quantitative estimate of drug-likeness (QED) is 0.244. The van der Waals surface area contributed by atoms with E-state index in [1.807, 2.05) is 38.1 Å². The normalized spacial score (nSPS) is 11.5. The number of benzene rings is 2.